The van der Waals surface area contributed by atoms with Crippen molar-refractivity contribution < 1.29 is 9.53 Å². The standard InChI is InChI=1S/C13H19N3O2S/c1-2-18-13(17)11-8-10(14)9-15-12(11)16-4-3-6-19-7-5-16/h8-9H,2-7,14H2,1H3. The third-order valence-electron chi connectivity index (χ3n) is 2.90. The molecule has 1 saturated heterocycles. The molecule has 5 nitrogen and oxygen atoms in total. The van der Waals surface area contributed by atoms with E-state index in [9.17, 15) is 4.79 Å². The summed E-state index contributed by atoms with van der Waals surface area (Å²) in [5.41, 5.74) is 6.68. The minimum absolute atomic E-state index is 0.350. The van der Waals surface area contributed by atoms with Gasteiger partial charge in [-0.1, -0.05) is 0 Å². The fourth-order valence-corrected chi connectivity index (χ4v) is 2.93. The van der Waals surface area contributed by atoms with Crippen molar-refractivity contribution in [2.45, 2.75) is 13.3 Å². The zero-order chi connectivity index (χ0) is 13.7. The molecule has 104 valence electrons. The first-order chi connectivity index (χ1) is 9.22. The number of hydrogen-bond acceptors (Lipinski definition) is 6. The molecule has 2 rings (SSSR count). The summed E-state index contributed by atoms with van der Waals surface area (Å²) >= 11 is 1.93. The lowest BCUT2D eigenvalue weighted by molar-refractivity contribution is 0.0526. The minimum atomic E-state index is -0.353. The number of rotatable bonds is 3. The van der Waals surface area contributed by atoms with Gasteiger partial charge in [-0.15, -0.1) is 0 Å². The molecule has 0 bridgehead atoms. The number of nitrogen functional groups attached to an aromatic ring is 1. The van der Waals surface area contributed by atoms with Crippen LogP contribution < -0.4 is 10.6 Å². The Morgan fingerprint density at radius 1 is 1.53 bits per heavy atom. The predicted octanol–water partition coefficient (Wildman–Crippen LogP) is 1.78. The van der Waals surface area contributed by atoms with Crippen LogP contribution in [0.3, 0.4) is 0 Å². The van der Waals surface area contributed by atoms with Crippen LogP contribution >= 0.6 is 11.8 Å². The highest BCUT2D eigenvalue weighted by molar-refractivity contribution is 7.99. The van der Waals surface area contributed by atoms with Crippen molar-refractivity contribution >= 4 is 29.2 Å². The van der Waals surface area contributed by atoms with E-state index in [4.69, 9.17) is 10.5 Å². The zero-order valence-corrected chi connectivity index (χ0v) is 11.9. The number of pyridine rings is 1. The van der Waals surface area contributed by atoms with Crippen molar-refractivity contribution in [3.05, 3.63) is 17.8 Å². The van der Waals surface area contributed by atoms with Crippen molar-refractivity contribution in [1.82, 2.24) is 4.98 Å². The SMILES string of the molecule is CCOC(=O)c1cc(N)cnc1N1CCCSCC1. The lowest BCUT2D eigenvalue weighted by Crippen LogP contribution is -2.28. The van der Waals surface area contributed by atoms with Crippen LogP contribution in [-0.4, -0.2) is 42.2 Å². The van der Waals surface area contributed by atoms with Crippen LogP contribution in [0.5, 0.6) is 0 Å². The topological polar surface area (TPSA) is 68.5 Å². The quantitative estimate of drug-likeness (QED) is 0.852. The number of anilines is 2. The van der Waals surface area contributed by atoms with Gasteiger partial charge in [0.2, 0.25) is 0 Å². The summed E-state index contributed by atoms with van der Waals surface area (Å²) in [6.45, 7) is 3.95. The summed E-state index contributed by atoms with van der Waals surface area (Å²) in [5, 5.41) is 0. The second-order valence-electron chi connectivity index (χ2n) is 4.31. The van der Waals surface area contributed by atoms with E-state index in [2.05, 4.69) is 9.88 Å². The van der Waals surface area contributed by atoms with Gasteiger partial charge in [-0.25, -0.2) is 9.78 Å². The van der Waals surface area contributed by atoms with E-state index in [1.807, 2.05) is 11.8 Å². The van der Waals surface area contributed by atoms with Crippen LogP contribution in [0.4, 0.5) is 11.5 Å². The Hall–Kier alpha value is -1.43. The summed E-state index contributed by atoms with van der Waals surface area (Å²) in [6.07, 6.45) is 2.69. The number of aromatic nitrogens is 1. The highest BCUT2D eigenvalue weighted by Gasteiger charge is 2.20. The molecule has 0 radical (unpaired) electrons. The third kappa shape index (κ3) is 3.53. The Labute approximate surface area is 117 Å². The number of esters is 1. The number of hydrogen-bond donors (Lipinski definition) is 1. The Morgan fingerprint density at radius 3 is 3.16 bits per heavy atom. The maximum absolute atomic E-state index is 12.0. The van der Waals surface area contributed by atoms with E-state index in [1.54, 1.807) is 19.2 Å². The van der Waals surface area contributed by atoms with E-state index in [0.29, 0.717) is 23.7 Å². The maximum Gasteiger partial charge on any atom is 0.341 e. The van der Waals surface area contributed by atoms with Gasteiger partial charge in [0.15, 0.2) is 0 Å². The molecule has 1 aromatic rings. The van der Waals surface area contributed by atoms with Gasteiger partial charge in [0.25, 0.3) is 0 Å². The molecule has 6 heteroatoms. The van der Waals surface area contributed by atoms with Crippen LogP contribution in [0, 0.1) is 0 Å². The molecular formula is C13H19N3O2S. The number of nitrogens with zero attached hydrogens (tertiary/aromatic N) is 2. The summed E-state index contributed by atoms with van der Waals surface area (Å²) in [7, 11) is 0. The van der Waals surface area contributed by atoms with E-state index in [-0.39, 0.29) is 5.97 Å². The van der Waals surface area contributed by atoms with Gasteiger partial charge < -0.3 is 15.4 Å². The highest BCUT2D eigenvalue weighted by Crippen LogP contribution is 2.23. The Morgan fingerprint density at radius 2 is 2.37 bits per heavy atom. The molecule has 0 unspecified atom stereocenters. The number of nitrogens with two attached hydrogens (primary N) is 1. The van der Waals surface area contributed by atoms with Crippen molar-refractivity contribution in [3.8, 4) is 0 Å². The Bertz CT molecular complexity index is 446. The van der Waals surface area contributed by atoms with Crippen LogP contribution in [0.2, 0.25) is 0 Å². The molecule has 2 heterocycles. The van der Waals surface area contributed by atoms with Gasteiger partial charge in [0, 0.05) is 18.8 Å². The summed E-state index contributed by atoms with van der Waals surface area (Å²) < 4.78 is 5.08. The zero-order valence-electron chi connectivity index (χ0n) is 11.1. The van der Waals surface area contributed by atoms with Crippen molar-refractivity contribution in [3.63, 3.8) is 0 Å². The molecule has 0 amide bonds. The van der Waals surface area contributed by atoms with Gasteiger partial charge in [0.05, 0.1) is 18.5 Å². The molecule has 1 aromatic heterocycles. The lowest BCUT2D eigenvalue weighted by Gasteiger charge is -2.23. The summed E-state index contributed by atoms with van der Waals surface area (Å²) in [4.78, 5) is 18.5. The maximum atomic E-state index is 12.0. The van der Waals surface area contributed by atoms with Gasteiger partial charge in [-0.05, 0) is 25.2 Å². The first-order valence-corrected chi connectivity index (χ1v) is 7.63. The van der Waals surface area contributed by atoms with E-state index >= 15 is 0 Å². The highest BCUT2D eigenvalue weighted by atomic mass is 32.2. The van der Waals surface area contributed by atoms with E-state index in [0.717, 1.165) is 31.0 Å². The average molecular weight is 281 g/mol. The predicted molar refractivity (Wildman–Crippen MR) is 78.8 cm³/mol. The Balaban J connectivity index is 2.29. The third-order valence-corrected chi connectivity index (χ3v) is 3.95. The molecule has 1 fully saturated rings. The molecule has 2 N–H and O–H groups in total. The Kier molecular flexibility index (Phi) is 4.90. The van der Waals surface area contributed by atoms with E-state index in [1.165, 1.54) is 0 Å². The second kappa shape index (κ2) is 6.65. The van der Waals surface area contributed by atoms with Crippen molar-refractivity contribution in [2.24, 2.45) is 0 Å². The van der Waals surface area contributed by atoms with Gasteiger partial charge >= 0.3 is 5.97 Å². The molecule has 0 aliphatic carbocycles. The second-order valence-corrected chi connectivity index (χ2v) is 5.54. The fraction of sp³-hybridized carbons (Fsp3) is 0.538. The smallest absolute Gasteiger partial charge is 0.341 e. The molecule has 0 atom stereocenters. The molecule has 0 spiro atoms. The first kappa shape index (κ1) is 14.0. The summed E-state index contributed by atoms with van der Waals surface area (Å²) in [5.74, 6) is 2.54. The van der Waals surface area contributed by atoms with Gasteiger partial charge in [-0.2, -0.15) is 11.8 Å². The fourth-order valence-electron chi connectivity index (χ4n) is 2.04. The van der Waals surface area contributed by atoms with Crippen LogP contribution in [0.1, 0.15) is 23.7 Å². The largest absolute Gasteiger partial charge is 0.462 e. The number of carbonyl (C=O) groups excluding carboxylic acids is 1. The number of thioether (sulfide) groups is 1. The van der Waals surface area contributed by atoms with E-state index < -0.39 is 0 Å². The van der Waals surface area contributed by atoms with Crippen LogP contribution in [0.25, 0.3) is 0 Å². The van der Waals surface area contributed by atoms with Gasteiger partial charge in [0.1, 0.15) is 11.4 Å². The normalized spacial score (nSPS) is 15.9. The number of carbonyl (C=O) groups is 1. The molecule has 1 aliphatic rings. The molecule has 0 saturated carbocycles. The minimum Gasteiger partial charge on any atom is -0.462 e. The number of ether oxygens (including phenoxy) is 1. The average Bonchev–Trinajstić information content (AvgIpc) is 2.68. The molecule has 0 aromatic carbocycles. The van der Waals surface area contributed by atoms with Crippen LogP contribution in [0.15, 0.2) is 12.3 Å². The molecular weight excluding hydrogens is 262 g/mol. The summed E-state index contributed by atoms with van der Waals surface area (Å²) in [6, 6.07) is 1.65. The lowest BCUT2D eigenvalue weighted by atomic mass is 10.2. The molecule has 19 heavy (non-hydrogen) atoms. The first-order valence-electron chi connectivity index (χ1n) is 6.47. The molecule has 1 aliphatic heterocycles. The monoisotopic (exact) mass is 281 g/mol. The van der Waals surface area contributed by atoms with Crippen molar-refractivity contribution in [1.29, 1.82) is 0 Å². The van der Waals surface area contributed by atoms with Crippen LogP contribution in [-0.2, 0) is 4.74 Å². The van der Waals surface area contributed by atoms with Crippen molar-refractivity contribution in [2.75, 3.05) is 41.8 Å². The van der Waals surface area contributed by atoms with Gasteiger partial charge in [-0.3, -0.25) is 0 Å².